The number of nitrogen functional groups attached to an aromatic ring is 1. The molecule has 0 radical (unpaired) electrons. The summed E-state index contributed by atoms with van der Waals surface area (Å²) >= 11 is 0. The summed E-state index contributed by atoms with van der Waals surface area (Å²) in [6.45, 7) is 3.57. The van der Waals surface area contributed by atoms with Crippen LogP contribution in [0.25, 0.3) is 11.4 Å². The van der Waals surface area contributed by atoms with Crippen LogP contribution < -0.4 is 10.6 Å². The summed E-state index contributed by atoms with van der Waals surface area (Å²) in [4.78, 5) is 20.5. The van der Waals surface area contributed by atoms with Gasteiger partial charge in [-0.25, -0.2) is 4.98 Å². The third-order valence-corrected chi connectivity index (χ3v) is 4.59. The molecule has 2 aromatic rings. The maximum absolute atomic E-state index is 11.4. The number of rotatable bonds is 5. The molecule has 26 heavy (non-hydrogen) atoms. The molecule has 1 aromatic heterocycles. The minimum Gasteiger partial charge on any atom is -0.468 e. The van der Waals surface area contributed by atoms with E-state index in [2.05, 4.69) is 9.80 Å². The van der Waals surface area contributed by atoms with Crippen molar-refractivity contribution in [1.29, 1.82) is 5.41 Å². The van der Waals surface area contributed by atoms with E-state index in [0.29, 0.717) is 12.1 Å². The van der Waals surface area contributed by atoms with Crippen LogP contribution in [0.15, 0.2) is 30.5 Å². The van der Waals surface area contributed by atoms with E-state index in [1.165, 1.54) is 7.11 Å². The molecule has 138 valence electrons. The lowest BCUT2D eigenvalue weighted by molar-refractivity contribution is -0.142. The number of ether oxygens (including phenoxy) is 1. The van der Waals surface area contributed by atoms with Gasteiger partial charge in [-0.3, -0.25) is 15.1 Å². The van der Waals surface area contributed by atoms with Crippen molar-refractivity contribution in [2.75, 3.05) is 44.7 Å². The van der Waals surface area contributed by atoms with Crippen molar-refractivity contribution in [1.82, 2.24) is 14.5 Å². The number of imidazole rings is 1. The summed E-state index contributed by atoms with van der Waals surface area (Å²) in [7, 11) is 3.38. The second kappa shape index (κ2) is 7.57. The van der Waals surface area contributed by atoms with Gasteiger partial charge in [0.15, 0.2) is 0 Å². The van der Waals surface area contributed by atoms with Crippen molar-refractivity contribution in [2.24, 2.45) is 12.8 Å². The first-order valence-corrected chi connectivity index (χ1v) is 8.50. The van der Waals surface area contributed by atoms with Gasteiger partial charge < -0.3 is 19.9 Å². The second-order valence-electron chi connectivity index (χ2n) is 6.36. The number of hydrogen-bond acceptors (Lipinski definition) is 6. The number of nitrogens with zero attached hydrogens (tertiary/aromatic N) is 4. The number of benzene rings is 1. The lowest BCUT2D eigenvalue weighted by Crippen LogP contribution is -2.48. The van der Waals surface area contributed by atoms with Gasteiger partial charge in [0.05, 0.1) is 13.7 Å². The van der Waals surface area contributed by atoms with Gasteiger partial charge in [0.1, 0.15) is 17.5 Å². The first-order valence-electron chi connectivity index (χ1n) is 8.50. The molecule has 0 aliphatic carbocycles. The Hall–Kier alpha value is -2.87. The van der Waals surface area contributed by atoms with Crippen molar-refractivity contribution in [3.05, 3.63) is 36.0 Å². The standard InChI is InChI=1S/C18H24N6O2/c1-22-11-15(24-9-7-23(8-10-24)12-16(25)26-2)21-18(22)14-5-3-13(4-6-14)17(19)20/h3-6,11H,7-10,12H2,1-2H3,(H3,19,20). The molecular formula is C18H24N6O2. The van der Waals surface area contributed by atoms with E-state index >= 15 is 0 Å². The number of esters is 1. The van der Waals surface area contributed by atoms with Gasteiger partial charge in [0, 0.05) is 50.6 Å². The van der Waals surface area contributed by atoms with Crippen LogP contribution in [0.1, 0.15) is 5.56 Å². The van der Waals surface area contributed by atoms with E-state index in [1.54, 1.807) is 0 Å². The zero-order valence-corrected chi connectivity index (χ0v) is 15.1. The van der Waals surface area contributed by atoms with E-state index in [9.17, 15) is 4.79 Å². The highest BCUT2D eigenvalue weighted by Gasteiger charge is 2.21. The molecule has 8 heteroatoms. The molecule has 0 amide bonds. The van der Waals surface area contributed by atoms with Gasteiger partial charge >= 0.3 is 5.97 Å². The molecular weight excluding hydrogens is 332 g/mol. The van der Waals surface area contributed by atoms with E-state index < -0.39 is 0 Å². The normalized spacial score (nSPS) is 15.1. The highest BCUT2D eigenvalue weighted by Crippen LogP contribution is 2.23. The SMILES string of the molecule is COC(=O)CN1CCN(c2cn(C)c(-c3ccc(C(=N)N)cc3)n2)CC1. The van der Waals surface area contributed by atoms with Crippen molar-refractivity contribution >= 4 is 17.6 Å². The Morgan fingerprint density at radius 2 is 1.88 bits per heavy atom. The second-order valence-corrected chi connectivity index (χ2v) is 6.36. The first kappa shape index (κ1) is 17.9. The topological polar surface area (TPSA) is 100 Å². The molecule has 3 N–H and O–H groups in total. The highest BCUT2D eigenvalue weighted by molar-refractivity contribution is 5.95. The largest absolute Gasteiger partial charge is 0.468 e. The average molecular weight is 356 g/mol. The minimum absolute atomic E-state index is 0.0573. The third kappa shape index (κ3) is 3.85. The maximum atomic E-state index is 11.4. The molecule has 1 aliphatic rings. The van der Waals surface area contributed by atoms with Crippen LogP contribution in [0.5, 0.6) is 0 Å². The van der Waals surface area contributed by atoms with E-state index in [1.807, 2.05) is 42.1 Å². The molecule has 1 fully saturated rings. The zero-order valence-electron chi connectivity index (χ0n) is 15.1. The fourth-order valence-electron chi connectivity index (χ4n) is 3.05. The number of piperazine rings is 1. The lowest BCUT2D eigenvalue weighted by atomic mass is 10.1. The van der Waals surface area contributed by atoms with Gasteiger partial charge in [-0.15, -0.1) is 0 Å². The van der Waals surface area contributed by atoms with Crippen LogP contribution in [-0.4, -0.2) is 66.1 Å². The number of nitrogens with one attached hydrogen (secondary N) is 1. The van der Waals surface area contributed by atoms with Gasteiger partial charge in [0.25, 0.3) is 0 Å². The Morgan fingerprint density at radius 1 is 1.23 bits per heavy atom. The number of aryl methyl sites for hydroxylation is 1. The first-order chi connectivity index (χ1) is 12.5. The summed E-state index contributed by atoms with van der Waals surface area (Å²) in [6, 6.07) is 7.52. The van der Waals surface area contributed by atoms with Crippen LogP contribution >= 0.6 is 0 Å². The number of anilines is 1. The molecule has 0 atom stereocenters. The monoisotopic (exact) mass is 356 g/mol. The quantitative estimate of drug-likeness (QED) is 0.464. The van der Waals surface area contributed by atoms with E-state index in [-0.39, 0.29) is 11.8 Å². The number of nitrogens with two attached hydrogens (primary N) is 1. The summed E-state index contributed by atoms with van der Waals surface area (Å²) < 4.78 is 6.72. The number of amidine groups is 1. The maximum Gasteiger partial charge on any atom is 0.319 e. The minimum atomic E-state index is -0.201. The van der Waals surface area contributed by atoms with Crippen molar-refractivity contribution < 1.29 is 9.53 Å². The van der Waals surface area contributed by atoms with Gasteiger partial charge in [-0.1, -0.05) is 24.3 Å². The number of aromatic nitrogens is 2. The molecule has 2 heterocycles. The van der Waals surface area contributed by atoms with Crippen LogP contribution in [0, 0.1) is 5.41 Å². The Labute approximate surface area is 152 Å². The average Bonchev–Trinajstić information content (AvgIpc) is 3.04. The molecule has 1 saturated heterocycles. The molecule has 3 rings (SSSR count). The number of carbonyl (C=O) groups is 1. The molecule has 0 bridgehead atoms. The molecule has 1 aromatic carbocycles. The van der Waals surface area contributed by atoms with Crippen molar-refractivity contribution in [3.63, 3.8) is 0 Å². The Bertz CT molecular complexity index is 791. The number of methoxy groups -OCH3 is 1. The summed E-state index contributed by atoms with van der Waals surface area (Å²) in [5, 5.41) is 7.48. The van der Waals surface area contributed by atoms with Gasteiger partial charge in [-0.05, 0) is 0 Å². The Kier molecular flexibility index (Phi) is 5.22. The molecule has 8 nitrogen and oxygen atoms in total. The summed E-state index contributed by atoms with van der Waals surface area (Å²) in [6.07, 6.45) is 2.02. The number of carbonyl (C=O) groups excluding carboxylic acids is 1. The predicted molar refractivity (Wildman–Crippen MR) is 100 cm³/mol. The summed E-state index contributed by atoms with van der Waals surface area (Å²) in [5.41, 5.74) is 7.19. The molecule has 0 spiro atoms. The van der Waals surface area contributed by atoms with E-state index in [4.69, 9.17) is 20.9 Å². The van der Waals surface area contributed by atoms with Crippen LogP contribution in [-0.2, 0) is 16.6 Å². The Balaban J connectivity index is 1.69. The fourth-order valence-corrected chi connectivity index (χ4v) is 3.05. The smallest absolute Gasteiger partial charge is 0.319 e. The lowest BCUT2D eigenvalue weighted by Gasteiger charge is -2.34. The zero-order chi connectivity index (χ0) is 18.7. The van der Waals surface area contributed by atoms with Crippen LogP contribution in [0.2, 0.25) is 0 Å². The highest BCUT2D eigenvalue weighted by atomic mass is 16.5. The molecule has 0 saturated carbocycles. The third-order valence-electron chi connectivity index (χ3n) is 4.59. The van der Waals surface area contributed by atoms with Crippen molar-refractivity contribution in [2.45, 2.75) is 0 Å². The predicted octanol–water partition coefficient (Wildman–Crippen LogP) is 0.666. The fraction of sp³-hybridized carbons (Fsp3) is 0.389. The summed E-state index contributed by atoms with van der Waals surface area (Å²) in [5.74, 6) is 1.65. The number of hydrogen-bond donors (Lipinski definition) is 2. The Morgan fingerprint density at radius 3 is 2.46 bits per heavy atom. The van der Waals surface area contributed by atoms with Gasteiger partial charge in [-0.2, -0.15) is 0 Å². The van der Waals surface area contributed by atoms with E-state index in [0.717, 1.165) is 43.4 Å². The molecule has 0 unspecified atom stereocenters. The van der Waals surface area contributed by atoms with Gasteiger partial charge in [0.2, 0.25) is 0 Å². The van der Waals surface area contributed by atoms with Crippen molar-refractivity contribution in [3.8, 4) is 11.4 Å². The molecule has 1 aliphatic heterocycles. The van der Waals surface area contributed by atoms with Crippen LogP contribution in [0.3, 0.4) is 0 Å². The van der Waals surface area contributed by atoms with Crippen LogP contribution in [0.4, 0.5) is 5.82 Å².